The maximum absolute atomic E-state index is 2.42. The van der Waals surface area contributed by atoms with Crippen molar-refractivity contribution in [3.05, 3.63) is 162 Å². The van der Waals surface area contributed by atoms with Gasteiger partial charge in [0.1, 0.15) is 0 Å². The number of benzene rings is 6. The fraction of sp³-hybridized carbons (Fsp3) is 0.182. The van der Waals surface area contributed by atoms with Crippen LogP contribution in [0.4, 0.5) is 17.1 Å². The average molecular weight is 584 g/mol. The molecule has 222 valence electrons. The first-order chi connectivity index (χ1) is 21.6. The minimum absolute atomic E-state index is 0.0608. The van der Waals surface area contributed by atoms with Crippen molar-refractivity contribution in [1.29, 1.82) is 0 Å². The van der Waals surface area contributed by atoms with Gasteiger partial charge in [0.25, 0.3) is 0 Å². The maximum Gasteiger partial charge on any atom is 0.0468 e. The molecule has 0 saturated carbocycles. The number of aryl methyl sites for hydroxylation is 1. The molecule has 1 aliphatic rings. The largest absolute Gasteiger partial charge is 0.310 e. The minimum atomic E-state index is -0.0704. The maximum atomic E-state index is 2.42. The summed E-state index contributed by atoms with van der Waals surface area (Å²) >= 11 is 0. The van der Waals surface area contributed by atoms with Crippen molar-refractivity contribution >= 4 is 17.1 Å². The monoisotopic (exact) mass is 583 g/mol. The molecule has 0 aliphatic heterocycles. The second-order valence-electron chi connectivity index (χ2n) is 14.0. The third-order valence-corrected chi connectivity index (χ3v) is 9.41. The Morgan fingerprint density at radius 3 is 1.44 bits per heavy atom. The molecule has 1 aliphatic carbocycles. The lowest BCUT2D eigenvalue weighted by atomic mass is 9.73. The number of anilines is 3. The van der Waals surface area contributed by atoms with Crippen LogP contribution >= 0.6 is 0 Å². The van der Waals surface area contributed by atoms with E-state index in [9.17, 15) is 0 Å². The quantitative estimate of drug-likeness (QED) is 0.195. The van der Waals surface area contributed by atoms with E-state index in [1.54, 1.807) is 0 Å². The molecular formula is C44H41N. The van der Waals surface area contributed by atoms with Crippen LogP contribution in [-0.2, 0) is 10.8 Å². The van der Waals surface area contributed by atoms with Crippen molar-refractivity contribution in [2.75, 3.05) is 4.90 Å². The zero-order valence-electron chi connectivity index (χ0n) is 27.2. The molecule has 7 rings (SSSR count). The van der Waals surface area contributed by atoms with Crippen LogP contribution in [0.5, 0.6) is 0 Å². The molecule has 0 amide bonds. The predicted octanol–water partition coefficient (Wildman–Crippen LogP) is 12.4. The summed E-state index contributed by atoms with van der Waals surface area (Å²) in [7, 11) is 0. The molecule has 0 fully saturated rings. The van der Waals surface area contributed by atoms with Gasteiger partial charge >= 0.3 is 0 Å². The van der Waals surface area contributed by atoms with Crippen molar-refractivity contribution < 1.29 is 0 Å². The summed E-state index contributed by atoms with van der Waals surface area (Å²) in [5, 5.41) is 0. The summed E-state index contributed by atoms with van der Waals surface area (Å²) in [5.41, 5.74) is 16.7. The Morgan fingerprint density at radius 2 is 0.956 bits per heavy atom. The zero-order chi connectivity index (χ0) is 31.3. The molecule has 6 aromatic carbocycles. The first kappa shape index (κ1) is 28.9. The molecule has 0 radical (unpaired) electrons. The van der Waals surface area contributed by atoms with Crippen molar-refractivity contribution in [3.63, 3.8) is 0 Å². The van der Waals surface area contributed by atoms with Crippen LogP contribution < -0.4 is 4.90 Å². The summed E-state index contributed by atoms with van der Waals surface area (Å²) in [4.78, 5) is 2.40. The first-order valence-electron chi connectivity index (χ1n) is 16.0. The number of hydrogen-bond acceptors (Lipinski definition) is 1. The fourth-order valence-corrected chi connectivity index (χ4v) is 7.15. The highest BCUT2D eigenvalue weighted by atomic mass is 15.1. The molecular weight excluding hydrogens is 542 g/mol. The van der Waals surface area contributed by atoms with Gasteiger partial charge in [-0.15, -0.1) is 0 Å². The molecule has 6 aromatic rings. The fourth-order valence-electron chi connectivity index (χ4n) is 7.15. The van der Waals surface area contributed by atoms with Crippen molar-refractivity contribution in [2.24, 2.45) is 0 Å². The van der Waals surface area contributed by atoms with E-state index in [0.29, 0.717) is 0 Å². The van der Waals surface area contributed by atoms with E-state index < -0.39 is 0 Å². The number of rotatable bonds is 5. The van der Waals surface area contributed by atoms with Crippen LogP contribution in [0.1, 0.15) is 56.9 Å². The number of fused-ring (bicyclic) bond motifs is 3. The Balaban J connectivity index is 1.38. The van der Waals surface area contributed by atoms with Gasteiger partial charge in [0, 0.05) is 22.5 Å². The topological polar surface area (TPSA) is 3.24 Å². The molecule has 0 atom stereocenters. The third kappa shape index (κ3) is 5.17. The van der Waals surface area contributed by atoms with Gasteiger partial charge in [0.15, 0.2) is 0 Å². The second-order valence-corrected chi connectivity index (χ2v) is 14.0. The van der Waals surface area contributed by atoms with Gasteiger partial charge in [-0.2, -0.15) is 0 Å². The standard InChI is InChI=1S/C44H41N/c1-30-27-39-38-29-37(25-26-40(38)44(5,6)42(39)41(28-30)43(2,3)4)45(35-21-17-33(18-22-35)31-13-9-7-10-14-31)36-23-19-34(20-24-36)32-15-11-8-12-16-32/h7-29H,1-6H3. The highest BCUT2D eigenvalue weighted by Crippen LogP contribution is 2.54. The van der Waals surface area contributed by atoms with E-state index in [4.69, 9.17) is 0 Å². The molecule has 0 unspecified atom stereocenters. The highest BCUT2D eigenvalue weighted by molar-refractivity contribution is 5.88. The van der Waals surface area contributed by atoms with Crippen molar-refractivity contribution in [2.45, 2.75) is 52.4 Å². The van der Waals surface area contributed by atoms with E-state index in [0.717, 1.165) is 17.1 Å². The summed E-state index contributed by atoms with van der Waals surface area (Å²) in [6.07, 6.45) is 0. The summed E-state index contributed by atoms with van der Waals surface area (Å²) in [5.74, 6) is 0. The predicted molar refractivity (Wildman–Crippen MR) is 193 cm³/mol. The first-order valence-corrected chi connectivity index (χ1v) is 16.0. The Bertz CT molecular complexity index is 1890. The molecule has 0 saturated heterocycles. The van der Waals surface area contributed by atoms with Crippen LogP contribution in [0.15, 0.2) is 140 Å². The van der Waals surface area contributed by atoms with Gasteiger partial charge in [-0.1, -0.05) is 143 Å². The highest BCUT2D eigenvalue weighted by Gasteiger charge is 2.40. The summed E-state index contributed by atoms with van der Waals surface area (Å²) in [6, 6.07) is 51.1. The molecule has 0 aromatic heterocycles. The van der Waals surface area contributed by atoms with E-state index in [2.05, 4.69) is 186 Å². The summed E-state index contributed by atoms with van der Waals surface area (Å²) in [6.45, 7) is 14.0. The van der Waals surface area contributed by atoms with Crippen LogP contribution in [0.2, 0.25) is 0 Å². The van der Waals surface area contributed by atoms with E-state index in [-0.39, 0.29) is 10.8 Å². The molecule has 1 heteroatoms. The molecule has 0 bridgehead atoms. The van der Waals surface area contributed by atoms with Crippen molar-refractivity contribution in [3.8, 4) is 33.4 Å². The van der Waals surface area contributed by atoms with Crippen LogP contribution in [0.25, 0.3) is 33.4 Å². The van der Waals surface area contributed by atoms with Gasteiger partial charge in [0.05, 0.1) is 0 Å². The van der Waals surface area contributed by atoms with Crippen LogP contribution in [0, 0.1) is 6.92 Å². The average Bonchev–Trinajstić information content (AvgIpc) is 3.27. The Hall–Kier alpha value is -4.88. The van der Waals surface area contributed by atoms with E-state index in [1.165, 1.54) is 55.6 Å². The van der Waals surface area contributed by atoms with Gasteiger partial charge in [-0.05, 0) is 98.8 Å². The minimum Gasteiger partial charge on any atom is -0.310 e. The Labute approximate surface area is 268 Å². The van der Waals surface area contributed by atoms with Crippen LogP contribution in [0.3, 0.4) is 0 Å². The lowest BCUT2D eigenvalue weighted by Gasteiger charge is -2.31. The van der Waals surface area contributed by atoms with Crippen molar-refractivity contribution in [1.82, 2.24) is 0 Å². The van der Waals surface area contributed by atoms with E-state index in [1.807, 2.05) is 0 Å². The molecule has 0 spiro atoms. The Kier molecular flexibility index (Phi) is 7.01. The second kappa shape index (κ2) is 10.9. The van der Waals surface area contributed by atoms with Gasteiger partial charge in [-0.25, -0.2) is 0 Å². The summed E-state index contributed by atoms with van der Waals surface area (Å²) < 4.78 is 0. The van der Waals surface area contributed by atoms with Gasteiger partial charge in [-0.3, -0.25) is 0 Å². The van der Waals surface area contributed by atoms with Gasteiger partial charge in [0.2, 0.25) is 0 Å². The lowest BCUT2D eigenvalue weighted by molar-refractivity contribution is 0.556. The molecule has 45 heavy (non-hydrogen) atoms. The number of hydrogen-bond donors (Lipinski definition) is 0. The Morgan fingerprint density at radius 1 is 0.489 bits per heavy atom. The lowest BCUT2D eigenvalue weighted by Crippen LogP contribution is -2.23. The number of nitrogens with zero attached hydrogens (tertiary/aromatic N) is 1. The molecule has 0 N–H and O–H groups in total. The molecule has 0 heterocycles. The molecule has 1 nitrogen and oxygen atoms in total. The third-order valence-electron chi connectivity index (χ3n) is 9.41. The van der Waals surface area contributed by atoms with E-state index >= 15 is 0 Å². The zero-order valence-corrected chi connectivity index (χ0v) is 27.2. The SMILES string of the molecule is Cc1cc2c(c(C(C)(C)C)c1)C(C)(C)c1ccc(N(c3ccc(-c4ccccc4)cc3)c3ccc(-c4ccccc4)cc3)cc1-2. The smallest absolute Gasteiger partial charge is 0.0468 e. The normalized spacial score (nSPS) is 13.3. The van der Waals surface area contributed by atoms with Gasteiger partial charge < -0.3 is 4.90 Å². The van der Waals surface area contributed by atoms with Crippen LogP contribution in [-0.4, -0.2) is 0 Å².